The third-order valence-electron chi connectivity index (χ3n) is 4.33. The first-order valence-electron chi connectivity index (χ1n) is 7.76. The maximum atomic E-state index is 12.6. The summed E-state index contributed by atoms with van der Waals surface area (Å²) in [5.41, 5.74) is 1.02. The van der Waals surface area contributed by atoms with Crippen LogP contribution >= 0.6 is 0 Å². The van der Waals surface area contributed by atoms with Crippen molar-refractivity contribution in [1.29, 1.82) is 0 Å². The monoisotopic (exact) mass is 313 g/mol. The van der Waals surface area contributed by atoms with E-state index in [9.17, 15) is 8.42 Å². The molecule has 1 aromatic heterocycles. The standard InChI is InChI=1S/C15H27N3O2S/c1-5-16-9-14-8-15(11-18(14)6-2)21(19,20)17(4)10-13-7-12(13)3/h8,11-13,16H,5-7,9-10H2,1-4H3. The van der Waals surface area contributed by atoms with Crippen LogP contribution in [0.4, 0.5) is 0 Å². The molecule has 5 nitrogen and oxygen atoms in total. The van der Waals surface area contributed by atoms with Crippen molar-refractivity contribution >= 4 is 10.0 Å². The maximum absolute atomic E-state index is 12.6. The highest BCUT2D eigenvalue weighted by Gasteiger charge is 2.36. The summed E-state index contributed by atoms with van der Waals surface area (Å²) in [7, 11) is -1.68. The molecule has 1 N–H and O–H groups in total. The van der Waals surface area contributed by atoms with Gasteiger partial charge in [0.2, 0.25) is 10.0 Å². The first-order valence-corrected chi connectivity index (χ1v) is 9.20. The molecule has 0 bridgehead atoms. The van der Waals surface area contributed by atoms with Crippen molar-refractivity contribution in [2.45, 2.75) is 45.2 Å². The van der Waals surface area contributed by atoms with Crippen LogP contribution in [0.25, 0.3) is 0 Å². The maximum Gasteiger partial charge on any atom is 0.244 e. The molecule has 0 saturated heterocycles. The first-order chi connectivity index (χ1) is 9.90. The molecular formula is C15H27N3O2S. The van der Waals surface area contributed by atoms with Gasteiger partial charge in [0.05, 0.1) is 0 Å². The molecular weight excluding hydrogens is 286 g/mol. The summed E-state index contributed by atoms with van der Waals surface area (Å²) in [6.07, 6.45) is 2.90. The minimum Gasteiger partial charge on any atom is -0.349 e. The first kappa shape index (κ1) is 16.5. The van der Waals surface area contributed by atoms with Crippen molar-refractivity contribution in [3.05, 3.63) is 18.0 Å². The number of nitrogens with zero attached hydrogens (tertiary/aromatic N) is 2. The molecule has 1 aromatic rings. The predicted octanol–water partition coefficient (Wildman–Crippen LogP) is 1.89. The van der Waals surface area contributed by atoms with E-state index < -0.39 is 10.0 Å². The molecule has 1 saturated carbocycles. The van der Waals surface area contributed by atoms with Gasteiger partial charge < -0.3 is 9.88 Å². The Hall–Kier alpha value is -0.850. The number of aromatic nitrogens is 1. The molecule has 0 aliphatic heterocycles. The van der Waals surface area contributed by atoms with Gasteiger partial charge in [0.1, 0.15) is 4.90 Å². The van der Waals surface area contributed by atoms with Gasteiger partial charge in [-0.05, 0) is 37.8 Å². The van der Waals surface area contributed by atoms with E-state index in [0.717, 1.165) is 25.2 Å². The van der Waals surface area contributed by atoms with E-state index in [2.05, 4.69) is 12.2 Å². The molecule has 6 heteroatoms. The highest BCUT2D eigenvalue weighted by molar-refractivity contribution is 7.89. The fourth-order valence-corrected chi connectivity index (χ4v) is 3.92. The normalized spacial score (nSPS) is 22.0. The minimum atomic E-state index is -3.37. The molecule has 0 aromatic carbocycles. The number of sulfonamides is 1. The molecule has 0 amide bonds. The van der Waals surface area contributed by atoms with E-state index in [0.29, 0.717) is 29.8 Å². The fraction of sp³-hybridized carbons (Fsp3) is 0.733. The number of nitrogens with one attached hydrogen (secondary N) is 1. The second kappa shape index (κ2) is 6.50. The van der Waals surface area contributed by atoms with Gasteiger partial charge in [-0.3, -0.25) is 0 Å². The highest BCUT2D eigenvalue weighted by atomic mass is 32.2. The van der Waals surface area contributed by atoms with Crippen LogP contribution in [-0.4, -0.2) is 37.4 Å². The summed E-state index contributed by atoms with van der Waals surface area (Å²) in [6, 6.07) is 1.80. The molecule has 1 fully saturated rings. The van der Waals surface area contributed by atoms with Gasteiger partial charge in [0.25, 0.3) is 0 Å². The van der Waals surface area contributed by atoms with E-state index in [4.69, 9.17) is 0 Å². The van der Waals surface area contributed by atoms with Crippen molar-refractivity contribution in [1.82, 2.24) is 14.2 Å². The zero-order valence-electron chi connectivity index (χ0n) is 13.5. The average molecular weight is 313 g/mol. The zero-order chi connectivity index (χ0) is 15.6. The topological polar surface area (TPSA) is 54.3 Å². The lowest BCUT2D eigenvalue weighted by Gasteiger charge is -2.15. The smallest absolute Gasteiger partial charge is 0.244 e. The zero-order valence-corrected chi connectivity index (χ0v) is 14.3. The molecule has 2 atom stereocenters. The number of rotatable bonds is 8. The number of aryl methyl sites for hydroxylation is 1. The predicted molar refractivity (Wildman–Crippen MR) is 84.6 cm³/mol. The van der Waals surface area contributed by atoms with Crippen LogP contribution < -0.4 is 5.32 Å². The van der Waals surface area contributed by atoms with E-state index in [1.165, 1.54) is 4.31 Å². The van der Waals surface area contributed by atoms with Crippen molar-refractivity contribution < 1.29 is 8.42 Å². The Kier molecular flexibility index (Phi) is 5.11. The van der Waals surface area contributed by atoms with Gasteiger partial charge in [-0.15, -0.1) is 0 Å². The Morgan fingerprint density at radius 2 is 2.10 bits per heavy atom. The van der Waals surface area contributed by atoms with Crippen LogP contribution in [0.5, 0.6) is 0 Å². The van der Waals surface area contributed by atoms with Crippen LogP contribution in [0.1, 0.15) is 32.9 Å². The molecule has 1 aliphatic carbocycles. The van der Waals surface area contributed by atoms with Gasteiger partial charge in [-0.2, -0.15) is 0 Å². The fourth-order valence-electron chi connectivity index (χ4n) is 2.62. The summed E-state index contributed by atoms with van der Waals surface area (Å²) >= 11 is 0. The van der Waals surface area contributed by atoms with Crippen molar-refractivity contribution in [3.63, 3.8) is 0 Å². The average Bonchev–Trinajstić information content (AvgIpc) is 2.98. The van der Waals surface area contributed by atoms with Crippen LogP contribution in [0.15, 0.2) is 17.2 Å². The summed E-state index contributed by atoms with van der Waals surface area (Å²) in [6.45, 7) is 9.22. The van der Waals surface area contributed by atoms with E-state index in [1.54, 1.807) is 19.3 Å². The molecule has 120 valence electrons. The Labute approximate surface area is 128 Å². The molecule has 2 rings (SSSR count). The lowest BCUT2D eigenvalue weighted by molar-refractivity contribution is 0.444. The molecule has 0 radical (unpaired) electrons. The number of hydrogen-bond acceptors (Lipinski definition) is 3. The lowest BCUT2D eigenvalue weighted by atomic mass is 10.3. The minimum absolute atomic E-state index is 0.410. The van der Waals surface area contributed by atoms with Crippen molar-refractivity contribution in [3.8, 4) is 0 Å². The third-order valence-corrected chi connectivity index (χ3v) is 6.12. The van der Waals surface area contributed by atoms with Gasteiger partial charge in [0.15, 0.2) is 0 Å². The number of hydrogen-bond donors (Lipinski definition) is 1. The Morgan fingerprint density at radius 3 is 2.62 bits per heavy atom. The van der Waals surface area contributed by atoms with Gasteiger partial charge in [-0.1, -0.05) is 13.8 Å². The van der Waals surface area contributed by atoms with Crippen LogP contribution in [0, 0.1) is 11.8 Å². The van der Waals surface area contributed by atoms with E-state index >= 15 is 0 Å². The second-order valence-corrected chi connectivity index (χ2v) is 8.04. The van der Waals surface area contributed by atoms with Crippen LogP contribution in [0.3, 0.4) is 0 Å². The van der Waals surface area contributed by atoms with Crippen LogP contribution in [0.2, 0.25) is 0 Å². The second-order valence-electron chi connectivity index (χ2n) is 5.99. The molecule has 0 spiro atoms. The lowest BCUT2D eigenvalue weighted by Crippen LogP contribution is -2.29. The third kappa shape index (κ3) is 3.67. The largest absolute Gasteiger partial charge is 0.349 e. The van der Waals surface area contributed by atoms with Crippen molar-refractivity contribution in [2.24, 2.45) is 11.8 Å². The Balaban J connectivity index is 2.16. The van der Waals surface area contributed by atoms with E-state index in [1.807, 2.05) is 18.4 Å². The van der Waals surface area contributed by atoms with Gasteiger partial charge in [0, 0.05) is 38.6 Å². The summed E-state index contributed by atoms with van der Waals surface area (Å²) in [5, 5.41) is 3.25. The summed E-state index contributed by atoms with van der Waals surface area (Å²) in [4.78, 5) is 0.410. The molecule has 1 heterocycles. The summed E-state index contributed by atoms with van der Waals surface area (Å²) in [5.74, 6) is 1.19. The highest BCUT2D eigenvalue weighted by Crippen LogP contribution is 2.38. The van der Waals surface area contributed by atoms with Crippen molar-refractivity contribution in [2.75, 3.05) is 20.1 Å². The van der Waals surface area contributed by atoms with Crippen LogP contribution in [-0.2, 0) is 23.1 Å². The quantitative estimate of drug-likeness (QED) is 0.797. The molecule has 21 heavy (non-hydrogen) atoms. The van der Waals surface area contributed by atoms with Gasteiger partial charge >= 0.3 is 0 Å². The summed E-state index contributed by atoms with van der Waals surface area (Å²) < 4.78 is 28.8. The van der Waals surface area contributed by atoms with E-state index in [-0.39, 0.29) is 0 Å². The Morgan fingerprint density at radius 1 is 1.43 bits per heavy atom. The Bertz CT molecular complexity index is 580. The SMILES string of the molecule is CCNCc1cc(S(=O)(=O)N(C)CC2CC2C)cn1CC. The van der Waals surface area contributed by atoms with Gasteiger partial charge in [-0.25, -0.2) is 12.7 Å². The molecule has 2 unspecified atom stereocenters. The molecule has 1 aliphatic rings.